The maximum atomic E-state index is 12.6. The number of amides is 1. The minimum Gasteiger partial charge on any atom is -0.484 e. The van der Waals surface area contributed by atoms with Crippen LogP contribution in [-0.4, -0.2) is 33.2 Å². The molecule has 0 fully saturated rings. The summed E-state index contributed by atoms with van der Waals surface area (Å²) >= 11 is 0. The number of anilines is 1. The minimum atomic E-state index is -3.29. The molecule has 0 aromatic heterocycles. The van der Waals surface area contributed by atoms with Crippen LogP contribution in [0.25, 0.3) is 0 Å². The molecule has 6 nitrogen and oxygen atoms in total. The number of sulfone groups is 1. The number of benzene rings is 2. The van der Waals surface area contributed by atoms with Crippen LogP contribution in [-0.2, 0) is 21.1 Å². The van der Waals surface area contributed by atoms with Crippen LogP contribution in [0.15, 0.2) is 53.4 Å². The van der Waals surface area contributed by atoms with Crippen molar-refractivity contribution in [1.29, 1.82) is 5.26 Å². The Balaban J connectivity index is 2.09. The first-order chi connectivity index (χ1) is 12.7. The molecule has 0 heterocycles. The van der Waals surface area contributed by atoms with Gasteiger partial charge in [0.15, 0.2) is 16.4 Å². The summed E-state index contributed by atoms with van der Waals surface area (Å²) in [5.41, 5.74) is 1.49. The predicted octanol–water partition coefficient (Wildman–Crippen LogP) is 2.98. The third-order valence-corrected chi connectivity index (χ3v) is 5.03. The predicted molar refractivity (Wildman–Crippen MR) is 103 cm³/mol. The summed E-state index contributed by atoms with van der Waals surface area (Å²) in [7, 11) is -3.29. The van der Waals surface area contributed by atoms with Gasteiger partial charge in [-0.1, -0.05) is 12.1 Å². The Kier molecular flexibility index (Phi) is 6.59. The summed E-state index contributed by atoms with van der Waals surface area (Å²) in [6.45, 7) is 3.60. The quantitative estimate of drug-likeness (QED) is 0.730. The van der Waals surface area contributed by atoms with E-state index in [1.54, 1.807) is 41.3 Å². The molecule has 142 valence electrons. The molecule has 0 unspecified atom stereocenters. The standard InChI is InChI=1S/C20H22N2O4S/c1-15(2)22(17-6-10-19(11-7-17)27(3,24)25)20(23)14-26-18-8-4-16(5-9-18)12-13-21/h4-11,15H,12,14H2,1-3H3. The van der Waals surface area contributed by atoms with E-state index >= 15 is 0 Å². The number of rotatable bonds is 7. The van der Waals surface area contributed by atoms with Crippen molar-refractivity contribution < 1.29 is 17.9 Å². The van der Waals surface area contributed by atoms with E-state index in [-0.39, 0.29) is 23.5 Å². The topological polar surface area (TPSA) is 87.5 Å². The minimum absolute atomic E-state index is 0.122. The van der Waals surface area contributed by atoms with E-state index < -0.39 is 9.84 Å². The maximum absolute atomic E-state index is 12.6. The molecule has 0 N–H and O–H groups in total. The molecule has 0 saturated carbocycles. The molecule has 7 heteroatoms. The Bertz CT molecular complexity index is 927. The zero-order valence-corrected chi connectivity index (χ0v) is 16.4. The highest BCUT2D eigenvalue weighted by atomic mass is 32.2. The van der Waals surface area contributed by atoms with Crippen molar-refractivity contribution in [2.75, 3.05) is 17.8 Å². The molecule has 1 amide bonds. The normalized spacial score (nSPS) is 11.1. The average molecular weight is 386 g/mol. The molecule has 0 bridgehead atoms. The number of ether oxygens (including phenoxy) is 1. The summed E-state index contributed by atoms with van der Waals surface area (Å²) in [6.07, 6.45) is 1.47. The maximum Gasteiger partial charge on any atom is 0.265 e. The highest BCUT2D eigenvalue weighted by Gasteiger charge is 2.20. The number of nitriles is 1. The van der Waals surface area contributed by atoms with Crippen LogP contribution in [0.1, 0.15) is 19.4 Å². The number of nitrogens with zero attached hydrogens (tertiary/aromatic N) is 2. The molecular formula is C20H22N2O4S. The van der Waals surface area contributed by atoms with Crippen LogP contribution >= 0.6 is 0 Å². The summed E-state index contributed by atoms with van der Waals surface area (Å²) in [5.74, 6) is 0.305. The molecule has 0 atom stereocenters. The highest BCUT2D eigenvalue weighted by molar-refractivity contribution is 7.90. The van der Waals surface area contributed by atoms with Crippen molar-refractivity contribution in [1.82, 2.24) is 0 Å². The first kappa shape index (κ1) is 20.5. The Morgan fingerprint density at radius 3 is 2.19 bits per heavy atom. The Morgan fingerprint density at radius 1 is 1.11 bits per heavy atom. The second kappa shape index (κ2) is 8.69. The molecule has 0 spiro atoms. The summed E-state index contributed by atoms with van der Waals surface area (Å²) in [6, 6.07) is 15.2. The van der Waals surface area contributed by atoms with Gasteiger partial charge in [-0.25, -0.2) is 8.42 Å². The summed E-state index contributed by atoms with van der Waals surface area (Å²) in [4.78, 5) is 14.4. The second-order valence-corrected chi connectivity index (χ2v) is 8.41. The van der Waals surface area contributed by atoms with E-state index in [1.807, 2.05) is 13.8 Å². The van der Waals surface area contributed by atoms with Crippen molar-refractivity contribution in [2.45, 2.75) is 31.2 Å². The van der Waals surface area contributed by atoms with Gasteiger partial charge in [0.2, 0.25) is 0 Å². The Labute approximate surface area is 159 Å². The van der Waals surface area contributed by atoms with Crippen molar-refractivity contribution in [2.24, 2.45) is 0 Å². The lowest BCUT2D eigenvalue weighted by Crippen LogP contribution is -2.40. The van der Waals surface area contributed by atoms with Crippen molar-refractivity contribution >= 4 is 21.4 Å². The van der Waals surface area contributed by atoms with Gasteiger partial charge in [-0.15, -0.1) is 0 Å². The SMILES string of the molecule is CC(C)N(C(=O)COc1ccc(CC#N)cc1)c1ccc(S(C)(=O)=O)cc1. The van der Waals surface area contributed by atoms with Gasteiger partial charge >= 0.3 is 0 Å². The monoisotopic (exact) mass is 386 g/mol. The molecular weight excluding hydrogens is 364 g/mol. The van der Waals surface area contributed by atoms with E-state index in [4.69, 9.17) is 10.00 Å². The molecule has 0 aliphatic carbocycles. The first-order valence-electron chi connectivity index (χ1n) is 8.43. The van der Waals surface area contributed by atoms with Gasteiger partial charge in [-0.3, -0.25) is 4.79 Å². The Hall–Kier alpha value is -2.85. The van der Waals surface area contributed by atoms with E-state index in [0.717, 1.165) is 11.8 Å². The number of carbonyl (C=O) groups is 1. The van der Waals surface area contributed by atoms with E-state index in [1.165, 1.54) is 12.1 Å². The van der Waals surface area contributed by atoms with Gasteiger partial charge in [-0.2, -0.15) is 5.26 Å². The van der Waals surface area contributed by atoms with Gasteiger partial charge in [-0.05, 0) is 55.8 Å². The van der Waals surface area contributed by atoms with Crippen molar-refractivity contribution in [3.8, 4) is 11.8 Å². The third-order valence-electron chi connectivity index (χ3n) is 3.90. The van der Waals surface area contributed by atoms with Crippen LogP contribution in [0, 0.1) is 11.3 Å². The van der Waals surface area contributed by atoms with Gasteiger partial charge in [0, 0.05) is 18.0 Å². The molecule has 0 saturated heterocycles. The highest BCUT2D eigenvalue weighted by Crippen LogP contribution is 2.21. The van der Waals surface area contributed by atoms with Gasteiger partial charge in [0.05, 0.1) is 17.4 Å². The third kappa shape index (κ3) is 5.56. The van der Waals surface area contributed by atoms with Gasteiger partial charge in [0.25, 0.3) is 5.91 Å². The second-order valence-electron chi connectivity index (χ2n) is 6.39. The lowest BCUT2D eigenvalue weighted by molar-refractivity contribution is -0.120. The smallest absolute Gasteiger partial charge is 0.265 e. The van der Waals surface area contributed by atoms with Gasteiger partial charge < -0.3 is 9.64 Å². The van der Waals surface area contributed by atoms with Crippen molar-refractivity contribution in [3.63, 3.8) is 0 Å². The average Bonchev–Trinajstić information content (AvgIpc) is 2.61. The van der Waals surface area contributed by atoms with Gasteiger partial charge in [0.1, 0.15) is 5.75 Å². The molecule has 2 aromatic rings. The van der Waals surface area contributed by atoms with Crippen LogP contribution in [0.2, 0.25) is 0 Å². The summed E-state index contributed by atoms with van der Waals surface area (Å²) < 4.78 is 28.7. The number of hydrogen-bond acceptors (Lipinski definition) is 5. The molecule has 0 radical (unpaired) electrons. The largest absolute Gasteiger partial charge is 0.484 e. The number of hydrogen-bond donors (Lipinski definition) is 0. The Morgan fingerprint density at radius 2 is 1.70 bits per heavy atom. The summed E-state index contributed by atoms with van der Waals surface area (Å²) in [5, 5.41) is 8.68. The molecule has 27 heavy (non-hydrogen) atoms. The zero-order valence-electron chi connectivity index (χ0n) is 15.5. The van der Waals surface area contributed by atoms with E-state index in [9.17, 15) is 13.2 Å². The van der Waals surface area contributed by atoms with E-state index in [2.05, 4.69) is 6.07 Å². The van der Waals surface area contributed by atoms with Crippen molar-refractivity contribution in [3.05, 3.63) is 54.1 Å². The molecule has 0 aliphatic heterocycles. The lowest BCUT2D eigenvalue weighted by atomic mass is 10.2. The van der Waals surface area contributed by atoms with Crippen LogP contribution in [0.5, 0.6) is 5.75 Å². The fourth-order valence-electron chi connectivity index (χ4n) is 2.59. The lowest BCUT2D eigenvalue weighted by Gasteiger charge is -2.27. The zero-order chi connectivity index (χ0) is 20.0. The van der Waals surface area contributed by atoms with Crippen LogP contribution in [0.4, 0.5) is 5.69 Å². The van der Waals surface area contributed by atoms with Crippen LogP contribution < -0.4 is 9.64 Å². The first-order valence-corrected chi connectivity index (χ1v) is 10.3. The molecule has 2 rings (SSSR count). The fraction of sp³-hybridized carbons (Fsp3) is 0.300. The molecule has 0 aliphatic rings. The number of carbonyl (C=O) groups excluding carboxylic acids is 1. The fourth-order valence-corrected chi connectivity index (χ4v) is 3.22. The van der Waals surface area contributed by atoms with Crippen LogP contribution in [0.3, 0.4) is 0 Å². The van der Waals surface area contributed by atoms with E-state index in [0.29, 0.717) is 17.9 Å². The molecule has 2 aromatic carbocycles.